The van der Waals surface area contributed by atoms with Gasteiger partial charge in [0.2, 0.25) is 0 Å². The van der Waals surface area contributed by atoms with Crippen molar-refractivity contribution in [3.05, 3.63) is 30.3 Å². The van der Waals surface area contributed by atoms with E-state index in [1.807, 2.05) is 18.2 Å². The molecule has 2 aromatic rings. The smallest absolute Gasteiger partial charge is 0.140 e. The first kappa shape index (κ1) is 11.6. The summed E-state index contributed by atoms with van der Waals surface area (Å²) < 4.78 is 4.13. The van der Waals surface area contributed by atoms with Crippen LogP contribution >= 0.6 is 11.5 Å². The van der Waals surface area contributed by atoms with Gasteiger partial charge >= 0.3 is 0 Å². The largest absolute Gasteiger partial charge is 0.358 e. The van der Waals surface area contributed by atoms with Crippen molar-refractivity contribution < 1.29 is 0 Å². The minimum absolute atomic E-state index is 0.518. The molecule has 4 nitrogen and oxygen atoms in total. The second kappa shape index (κ2) is 5.04. The summed E-state index contributed by atoms with van der Waals surface area (Å²) in [5.74, 6) is 0. The molecule has 18 heavy (non-hydrogen) atoms. The Hall–Kier alpha value is -1.46. The average Bonchev–Trinajstić information content (AvgIpc) is 2.89. The second-order valence-corrected chi connectivity index (χ2v) is 5.33. The average molecular weight is 260 g/mol. The number of nitrogens with one attached hydrogen (secondary N) is 1. The minimum Gasteiger partial charge on any atom is -0.358 e. The van der Waals surface area contributed by atoms with Crippen molar-refractivity contribution in [3.63, 3.8) is 0 Å². The van der Waals surface area contributed by atoms with Gasteiger partial charge in [-0.25, -0.2) is 0 Å². The fraction of sp³-hybridized carbons (Fsp3) is 0.385. The maximum atomic E-state index is 4.29. The van der Waals surface area contributed by atoms with E-state index in [0.717, 1.165) is 30.9 Å². The zero-order chi connectivity index (χ0) is 12.4. The van der Waals surface area contributed by atoms with Crippen LogP contribution in [0.5, 0.6) is 0 Å². The lowest BCUT2D eigenvalue weighted by molar-refractivity contribution is 0.486. The predicted molar refractivity (Wildman–Crippen MR) is 75.0 cm³/mol. The Kier molecular flexibility index (Phi) is 3.25. The highest BCUT2D eigenvalue weighted by Crippen LogP contribution is 2.32. The molecule has 3 rings (SSSR count). The molecule has 5 heteroatoms. The van der Waals surface area contributed by atoms with E-state index in [1.54, 1.807) is 0 Å². The van der Waals surface area contributed by atoms with Gasteiger partial charge < -0.3 is 10.2 Å². The molecule has 0 saturated carbocycles. The van der Waals surface area contributed by atoms with Gasteiger partial charge in [0.25, 0.3) is 0 Å². The van der Waals surface area contributed by atoms with Crippen molar-refractivity contribution in [2.24, 2.45) is 0 Å². The van der Waals surface area contributed by atoms with Crippen LogP contribution in [-0.4, -0.2) is 35.3 Å². The molecule has 0 amide bonds. The first-order valence-corrected chi connectivity index (χ1v) is 6.98. The Bertz CT molecular complexity index is 511. The molecule has 1 aliphatic rings. The van der Waals surface area contributed by atoms with Gasteiger partial charge in [0.15, 0.2) is 0 Å². The Labute approximate surface area is 111 Å². The van der Waals surface area contributed by atoms with Crippen molar-refractivity contribution in [3.8, 4) is 11.3 Å². The highest BCUT2D eigenvalue weighted by atomic mass is 32.1. The van der Waals surface area contributed by atoms with Crippen LogP contribution in [-0.2, 0) is 0 Å². The summed E-state index contributed by atoms with van der Waals surface area (Å²) in [6.45, 7) is 5.27. The van der Waals surface area contributed by atoms with Crippen LogP contribution in [0.1, 0.15) is 6.92 Å². The van der Waals surface area contributed by atoms with Gasteiger partial charge in [-0.05, 0) is 6.92 Å². The van der Waals surface area contributed by atoms with Crippen LogP contribution in [0, 0.1) is 0 Å². The Morgan fingerprint density at radius 2 is 2.17 bits per heavy atom. The molecule has 0 spiro atoms. The maximum absolute atomic E-state index is 4.29. The second-order valence-electron chi connectivity index (χ2n) is 4.59. The monoisotopic (exact) mass is 260 g/mol. The normalized spacial score (nSPS) is 20.1. The number of rotatable bonds is 2. The SMILES string of the molecule is C[C@@H]1CN(c2snnc2-c2ccccc2)CCN1. The molecule has 0 bridgehead atoms. The first-order chi connectivity index (χ1) is 8.84. The zero-order valence-corrected chi connectivity index (χ0v) is 11.2. The van der Waals surface area contributed by atoms with E-state index in [0.29, 0.717) is 6.04 Å². The number of nitrogens with zero attached hydrogens (tertiary/aromatic N) is 3. The summed E-state index contributed by atoms with van der Waals surface area (Å²) in [5, 5.41) is 8.94. The molecule has 2 heterocycles. The summed E-state index contributed by atoms with van der Waals surface area (Å²) in [6.07, 6.45) is 0. The van der Waals surface area contributed by atoms with Crippen LogP contribution in [0.4, 0.5) is 5.00 Å². The highest BCUT2D eigenvalue weighted by Gasteiger charge is 2.21. The molecule has 1 atom stereocenters. The van der Waals surface area contributed by atoms with Gasteiger partial charge in [-0.2, -0.15) is 0 Å². The zero-order valence-electron chi connectivity index (χ0n) is 10.3. The van der Waals surface area contributed by atoms with E-state index >= 15 is 0 Å². The van der Waals surface area contributed by atoms with E-state index in [2.05, 4.69) is 38.9 Å². The third kappa shape index (κ3) is 2.23. The molecular formula is C13H16N4S. The Morgan fingerprint density at radius 3 is 2.94 bits per heavy atom. The fourth-order valence-corrected chi connectivity index (χ4v) is 3.01. The lowest BCUT2D eigenvalue weighted by Crippen LogP contribution is -2.49. The van der Waals surface area contributed by atoms with Crippen LogP contribution in [0.15, 0.2) is 30.3 Å². The topological polar surface area (TPSA) is 41.1 Å². The van der Waals surface area contributed by atoms with Crippen molar-refractivity contribution in [2.45, 2.75) is 13.0 Å². The van der Waals surface area contributed by atoms with Gasteiger partial charge in [-0.15, -0.1) is 5.10 Å². The Morgan fingerprint density at radius 1 is 1.33 bits per heavy atom. The summed E-state index contributed by atoms with van der Waals surface area (Å²) in [7, 11) is 0. The van der Waals surface area contributed by atoms with Gasteiger partial charge in [-0.1, -0.05) is 34.8 Å². The van der Waals surface area contributed by atoms with Gasteiger partial charge in [0.1, 0.15) is 10.7 Å². The number of piperazine rings is 1. The number of hydrogen-bond acceptors (Lipinski definition) is 5. The summed E-state index contributed by atoms with van der Waals surface area (Å²) >= 11 is 1.49. The van der Waals surface area contributed by atoms with E-state index in [1.165, 1.54) is 16.5 Å². The summed E-state index contributed by atoms with van der Waals surface area (Å²) in [5.41, 5.74) is 2.15. The third-order valence-corrected chi connectivity index (χ3v) is 3.96. The molecule has 0 radical (unpaired) electrons. The molecule has 1 aromatic heterocycles. The lowest BCUT2D eigenvalue weighted by atomic mass is 10.1. The molecule has 1 aliphatic heterocycles. The Balaban J connectivity index is 1.92. The molecule has 94 valence electrons. The molecule has 1 N–H and O–H groups in total. The van der Waals surface area contributed by atoms with Gasteiger partial charge in [0.05, 0.1) is 0 Å². The van der Waals surface area contributed by atoms with Crippen LogP contribution in [0.3, 0.4) is 0 Å². The number of anilines is 1. The highest BCUT2D eigenvalue weighted by molar-refractivity contribution is 7.10. The fourth-order valence-electron chi connectivity index (χ4n) is 2.29. The van der Waals surface area contributed by atoms with E-state index in [-0.39, 0.29) is 0 Å². The molecular weight excluding hydrogens is 244 g/mol. The van der Waals surface area contributed by atoms with E-state index in [9.17, 15) is 0 Å². The van der Waals surface area contributed by atoms with Crippen LogP contribution in [0.25, 0.3) is 11.3 Å². The van der Waals surface area contributed by atoms with Crippen molar-refractivity contribution >= 4 is 16.5 Å². The molecule has 1 aromatic carbocycles. The molecule has 0 aliphatic carbocycles. The van der Waals surface area contributed by atoms with Gasteiger partial charge in [-0.3, -0.25) is 0 Å². The predicted octanol–water partition coefficient (Wildman–Crippen LogP) is 2.00. The van der Waals surface area contributed by atoms with Crippen LogP contribution < -0.4 is 10.2 Å². The van der Waals surface area contributed by atoms with E-state index < -0.39 is 0 Å². The lowest BCUT2D eigenvalue weighted by Gasteiger charge is -2.32. The van der Waals surface area contributed by atoms with Crippen molar-refractivity contribution in [1.82, 2.24) is 14.9 Å². The number of aromatic nitrogens is 2. The molecule has 0 unspecified atom stereocenters. The molecule has 1 saturated heterocycles. The third-order valence-electron chi connectivity index (χ3n) is 3.17. The minimum atomic E-state index is 0.518. The van der Waals surface area contributed by atoms with Crippen molar-refractivity contribution in [2.75, 3.05) is 24.5 Å². The standard InChI is InChI=1S/C13H16N4S/c1-10-9-17(8-7-14-10)13-12(15-16-18-13)11-5-3-2-4-6-11/h2-6,10,14H,7-9H2,1H3/t10-/m1/s1. The molecule has 1 fully saturated rings. The van der Waals surface area contributed by atoms with Gasteiger partial charge in [0, 0.05) is 42.8 Å². The van der Waals surface area contributed by atoms with Crippen molar-refractivity contribution in [1.29, 1.82) is 0 Å². The van der Waals surface area contributed by atoms with Crippen LogP contribution in [0.2, 0.25) is 0 Å². The summed E-state index contributed by atoms with van der Waals surface area (Å²) in [6, 6.07) is 10.8. The maximum Gasteiger partial charge on any atom is 0.140 e. The first-order valence-electron chi connectivity index (χ1n) is 6.20. The summed E-state index contributed by atoms with van der Waals surface area (Å²) in [4.78, 5) is 2.38. The van der Waals surface area contributed by atoms with E-state index in [4.69, 9.17) is 0 Å². The quantitative estimate of drug-likeness (QED) is 0.896. The number of benzene rings is 1. The number of hydrogen-bond donors (Lipinski definition) is 1.